The molecular weight excluding hydrogens is 378 g/mol. The van der Waals surface area contributed by atoms with E-state index in [4.69, 9.17) is 4.74 Å². The Balaban J connectivity index is 1.51. The molecule has 1 aromatic heterocycles. The number of rotatable bonds is 6. The van der Waals surface area contributed by atoms with Crippen molar-refractivity contribution in [3.05, 3.63) is 84.4 Å². The van der Waals surface area contributed by atoms with Crippen molar-refractivity contribution in [2.45, 2.75) is 5.03 Å². The van der Waals surface area contributed by atoms with Crippen molar-refractivity contribution in [2.75, 3.05) is 12.4 Å². The molecular formula is C22H16F2N2OS. The molecule has 4 aromatic rings. The summed E-state index contributed by atoms with van der Waals surface area (Å²) in [6.45, 7) is 0.464. The minimum atomic E-state index is -0.287. The maximum atomic E-state index is 13.2. The van der Waals surface area contributed by atoms with Crippen LogP contribution in [0.3, 0.4) is 0 Å². The second kappa shape index (κ2) is 8.35. The Bertz CT molecular complexity index is 1090. The lowest BCUT2D eigenvalue weighted by atomic mass is 10.1. The summed E-state index contributed by atoms with van der Waals surface area (Å²) >= 11 is 1.55. The highest BCUT2D eigenvalue weighted by Gasteiger charge is 2.11. The van der Waals surface area contributed by atoms with Gasteiger partial charge in [-0.15, -0.1) is 22.0 Å². The first-order chi connectivity index (χ1) is 13.7. The van der Waals surface area contributed by atoms with Gasteiger partial charge in [-0.2, -0.15) is 0 Å². The molecule has 0 amide bonds. The zero-order valence-corrected chi connectivity index (χ0v) is 15.6. The molecule has 3 nitrogen and oxygen atoms in total. The van der Waals surface area contributed by atoms with Crippen molar-refractivity contribution in [3.8, 4) is 17.0 Å². The zero-order valence-electron chi connectivity index (χ0n) is 14.8. The molecule has 0 unspecified atom stereocenters. The van der Waals surface area contributed by atoms with E-state index in [1.54, 1.807) is 36.0 Å². The molecule has 4 rings (SSSR count). The summed E-state index contributed by atoms with van der Waals surface area (Å²) in [7, 11) is 0. The van der Waals surface area contributed by atoms with E-state index >= 15 is 0 Å². The molecule has 140 valence electrons. The van der Waals surface area contributed by atoms with Crippen molar-refractivity contribution >= 4 is 22.5 Å². The van der Waals surface area contributed by atoms with Gasteiger partial charge in [-0.3, -0.25) is 0 Å². The van der Waals surface area contributed by atoms with Crippen molar-refractivity contribution in [1.82, 2.24) is 10.2 Å². The van der Waals surface area contributed by atoms with E-state index in [0.717, 1.165) is 27.1 Å². The first-order valence-electron chi connectivity index (χ1n) is 8.73. The summed E-state index contributed by atoms with van der Waals surface area (Å²) in [4.78, 5) is 0. The summed E-state index contributed by atoms with van der Waals surface area (Å²) in [5.74, 6) is 0.732. The Morgan fingerprint density at radius 1 is 0.750 bits per heavy atom. The van der Waals surface area contributed by atoms with E-state index in [1.807, 2.05) is 24.3 Å². The molecule has 0 fully saturated rings. The molecule has 0 bridgehead atoms. The molecule has 6 heteroatoms. The SMILES string of the molecule is Fc1ccc(OCCSc2nnc(-c3ccc(F)cc3)c3ccccc23)cc1. The van der Waals surface area contributed by atoms with Crippen LogP contribution in [0.2, 0.25) is 0 Å². The maximum Gasteiger partial charge on any atom is 0.127 e. The molecule has 0 aliphatic rings. The monoisotopic (exact) mass is 394 g/mol. The molecule has 0 spiro atoms. The number of aromatic nitrogens is 2. The number of hydrogen-bond acceptors (Lipinski definition) is 4. The maximum absolute atomic E-state index is 13.2. The molecule has 1 heterocycles. The van der Waals surface area contributed by atoms with Crippen molar-refractivity contribution in [3.63, 3.8) is 0 Å². The van der Waals surface area contributed by atoms with Crippen LogP contribution in [0.4, 0.5) is 8.78 Å². The van der Waals surface area contributed by atoms with Crippen molar-refractivity contribution < 1.29 is 13.5 Å². The Morgan fingerprint density at radius 3 is 2.11 bits per heavy atom. The van der Waals surface area contributed by atoms with Crippen LogP contribution in [0.15, 0.2) is 77.8 Å². The molecule has 0 aliphatic heterocycles. The minimum Gasteiger partial charge on any atom is -0.493 e. The largest absolute Gasteiger partial charge is 0.493 e. The van der Waals surface area contributed by atoms with Gasteiger partial charge in [0.25, 0.3) is 0 Å². The quantitative estimate of drug-likeness (QED) is 0.308. The van der Waals surface area contributed by atoms with E-state index in [2.05, 4.69) is 10.2 Å². The molecule has 28 heavy (non-hydrogen) atoms. The number of thioether (sulfide) groups is 1. The number of nitrogens with zero attached hydrogens (tertiary/aromatic N) is 2. The lowest BCUT2D eigenvalue weighted by molar-refractivity contribution is 0.343. The summed E-state index contributed by atoms with van der Waals surface area (Å²) < 4.78 is 31.8. The number of benzene rings is 3. The fraction of sp³-hybridized carbons (Fsp3) is 0.0909. The van der Waals surface area contributed by atoms with Crippen LogP contribution >= 0.6 is 11.8 Å². The highest BCUT2D eigenvalue weighted by Crippen LogP contribution is 2.31. The number of hydrogen-bond donors (Lipinski definition) is 0. The van der Waals surface area contributed by atoms with Crippen molar-refractivity contribution in [1.29, 1.82) is 0 Å². The zero-order chi connectivity index (χ0) is 19.3. The average molecular weight is 394 g/mol. The molecule has 3 aromatic carbocycles. The highest BCUT2D eigenvalue weighted by atomic mass is 32.2. The minimum absolute atomic E-state index is 0.283. The van der Waals surface area contributed by atoms with Crippen LogP contribution in [0.1, 0.15) is 0 Å². The van der Waals surface area contributed by atoms with Crippen LogP contribution < -0.4 is 4.74 Å². The Hall–Kier alpha value is -2.99. The first-order valence-corrected chi connectivity index (χ1v) is 9.72. The predicted molar refractivity (Wildman–Crippen MR) is 108 cm³/mol. The van der Waals surface area contributed by atoms with Crippen LogP contribution in [-0.2, 0) is 0 Å². The molecule has 0 radical (unpaired) electrons. The Kier molecular flexibility index (Phi) is 5.48. The first kappa shape index (κ1) is 18.4. The average Bonchev–Trinajstić information content (AvgIpc) is 2.73. The van der Waals surface area contributed by atoms with Gasteiger partial charge in [-0.25, -0.2) is 8.78 Å². The van der Waals surface area contributed by atoms with Gasteiger partial charge >= 0.3 is 0 Å². The standard InChI is InChI=1S/C22H16F2N2OS/c23-16-7-5-15(6-8-16)21-19-3-1-2-4-20(19)22(26-25-21)28-14-13-27-18-11-9-17(24)10-12-18/h1-12H,13-14H2. The second-order valence-corrected chi connectivity index (χ2v) is 7.14. The van der Waals surface area contributed by atoms with Gasteiger partial charge in [-0.05, 0) is 48.5 Å². The van der Waals surface area contributed by atoms with Gasteiger partial charge in [-0.1, -0.05) is 24.3 Å². The van der Waals surface area contributed by atoms with E-state index in [1.165, 1.54) is 24.3 Å². The van der Waals surface area contributed by atoms with E-state index in [9.17, 15) is 8.78 Å². The summed E-state index contributed by atoms with van der Waals surface area (Å²) in [6.07, 6.45) is 0. The second-order valence-electron chi connectivity index (χ2n) is 6.06. The van der Waals surface area contributed by atoms with Gasteiger partial charge in [0.1, 0.15) is 28.1 Å². The van der Waals surface area contributed by atoms with Gasteiger partial charge in [0.2, 0.25) is 0 Å². The van der Waals surface area contributed by atoms with E-state index in [-0.39, 0.29) is 11.6 Å². The number of ether oxygens (including phenoxy) is 1. The normalized spacial score (nSPS) is 10.9. The molecule has 0 saturated heterocycles. The van der Waals surface area contributed by atoms with Gasteiger partial charge in [0.05, 0.1) is 6.61 Å². The summed E-state index contributed by atoms with van der Waals surface area (Å²) in [5.41, 5.74) is 1.55. The number of halogens is 2. The fourth-order valence-electron chi connectivity index (χ4n) is 2.84. The third-order valence-electron chi connectivity index (χ3n) is 4.18. The van der Waals surface area contributed by atoms with Gasteiger partial charge in [0.15, 0.2) is 0 Å². The summed E-state index contributed by atoms with van der Waals surface area (Å²) in [6, 6.07) is 20.1. The molecule has 0 N–H and O–H groups in total. The van der Waals surface area contributed by atoms with Crippen LogP contribution in [-0.4, -0.2) is 22.6 Å². The number of fused-ring (bicyclic) bond motifs is 1. The Labute approximate surface area is 165 Å². The molecule has 0 saturated carbocycles. The van der Waals surface area contributed by atoms with Crippen molar-refractivity contribution in [2.24, 2.45) is 0 Å². The lowest BCUT2D eigenvalue weighted by Gasteiger charge is -2.10. The third kappa shape index (κ3) is 4.12. The molecule has 0 aliphatic carbocycles. The Morgan fingerprint density at radius 2 is 1.39 bits per heavy atom. The topological polar surface area (TPSA) is 35.0 Å². The summed E-state index contributed by atoms with van der Waals surface area (Å²) in [5, 5.41) is 11.5. The van der Waals surface area contributed by atoms with E-state index < -0.39 is 0 Å². The van der Waals surface area contributed by atoms with Crippen LogP contribution in [0.25, 0.3) is 22.0 Å². The van der Waals surface area contributed by atoms with E-state index in [0.29, 0.717) is 18.1 Å². The van der Waals surface area contributed by atoms with Gasteiger partial charge in [0, 0.05) is 22.1 Å². The van der Waals surface area contributed by atoms with Crippen LogP contribution in [0.5, 0.6) is 5.75 Å². The van der Waals surface area contributed by atoms with Crippen LogP contribution in [0, 0.1) is 11.6 Å². The third-order valence-corrected chi connectivity index (χ3v) is 5.12. The smallest absolute Gasteiger partial charge is 0.127 e. The predicted octanol–water partition coefficient (Wildman–Crippen LogP) is 5.75. The molecule has 0 atom stereocenters. The van der Waals surface area contributed by atoms with Gasteiger partial charge < -0.3 is 4.74 Å². The fourth-order valence-corrected chi connectivity index (χ4v) is 3.63. The highest BCUT2D eigenvalue weighted by molar-refractivity contribution is 7.99. The lowest BCUT2D eigenvalue weighted by Crippen LogP contribution is -2.01.